The summed E-state index contributed by atoms with van der Waals surface area (Å²) in [4.78, 5) is 6.47. The first-order chi connectivity index (χ1) is 16.5. The molecule has 2 aromatic carbocycles. The Morgan fingerprint density at radius 2 is 1.94 bits per heavy atom. The Kier molecular flexibility index (Phi) is 8.21. The molecule has 1 fully saturated rings. The van der Waals surface area contributed by atoms with Crippen LogP contribution in [-0.4, -0.2) is 64.7 Å². The highest BCUT2D eigenvalue weighted by molar-refractivity contribution is 5.29. The molecule has 1 saturated heterocycles. The second kappa shape index (κ2) is 11.5. The van der Waals surface area contributed by atoms with Crippen LogP contribution in [0.2, 0.25) is 0 Å². The van der Waals surface area contributed by atoms with Crippen molar-refractivity contribution in [2.45, 2.75) is 39.0 Å². The molecule has 2 heterocycles. The van der Waals surface area contributed by atoms with Crippen molar-refractivity contribution < 1.29 is 19.3 Å². The molecule has 0 aliphatic carbocycles. The van der Waals surface area contributed by atoms with Crippen LogP contribution in [0.3, 0.4) is 0 Å². The quantitative estimate of drug-likeness (QED) is 0.462. The zero-order valence-corrected chi connectivity index (χ0v) is 20.2. The maximum absolute atomic E-state index is 11.2. The monoisotopic (exact) mass is 465 g/mol. The standard InChI is InChI=1S/C27H35N3O4/c1-22-7-9-25(10-8-22)34-21-27(31)19-29(14-16-32-20-27)18-24-5-3-6-26(17-24)33-15-4-12-30-13-11-28-23(30)2/h3,5-11,13,17,31H,4,12,14-16,18-21H2,1-2H3/t27-/m1/s1. The number of aromatic nitrogens is 2. The molecule has 7 heteroatoms. The van der Waals surface area contributed by atoms with E-state index in [0.717, 1.165) is 42.4 Å². The molecule has 1 aliphatic rings. The van der Waals surface area contributed by atoms with E-state index in [1.165, 1.54) is 5.56 Å². The normalized spacial score (nSPS) is 19.0. The minimum absolute atomic E-state index is 0.187. The predicted octanol–water partition coefficient (Wildman–Crippen LogP) is 3.61. The van der Waals surface area contributed by atoms with Crippen molar-refractivity contribution in [1.82, 2.24) is 14.5 Å². The van der Waals surface area contributed by atoms with Crippen LogP contribution in [0.5, 0.6) is 11.5 Å². The summed E-state index contributed by atoms with van der Waals surface area (Å²) in [5.74, 6) is 2.64. The van der Waals surface area contributed by atoms with Crippen molar-refractivity contribution in [3.8, 4) is 11.5 Å². The number of rotatable bonds is 10. The molecular weight excluding hydrogens is 430 g/mol. The Morgan fingerprint density at radius 3 is 2.74 bits per heavy atom. The van der Waals surface area contributed by atoms with Crippen LogP contribution in [0.1, 0.15) is 23.4 Å². The van der Waals surface area contributed by atoms with Gasteiger partial charge in [0, 0.05) is 38.6 Å². The lowest BCUT2D eigenvalue weighted by atomic mass is 10.1. The summed E-state index contributed by atoms with van der Waals surface area (Å²) in [7, 11) is 0. The van der Waals surface area contributed by atoms with Gasteiger partial charge in [0.2, 0.25) is 0 Å². The van der Waals surface area contributed by atoms with Crippen LogP contribution in [0.4, 0.5) is 0 Å². The van der Waals surface area contributed by atoms with Gasteiger partial charge < -0.3 is 23.9 Å². The van der Waals surface area contributed by atoms with Crippen LogP contribution in [-0.2, 0) is 17.8 Å². The number of benzene rings is 2. The minimum Gasteiger partial charge on any atom is -0.494 e. The lowest BCUT2D eigenvalue weighted by molar-refractivity contribution is -0.0646. The zero-order valence-electron chi connectivity index (χ0n) is 20.2. The smallest absolute Gasteiger partial charge is 0.134 e. The van der Waals surface area contributed by atoms with Crippen molar-refractivity contribution >= 4 is 0 Å². The van der Waals surface area contributed by atoms with E-state index in [2.05, 4.69) is 26.6 Å². The number of nitrogens with zero attached hydrogens (tertiary/aromatic N) is 3. The zero-order chi connectivity index (χ0) is 23.8. The van der Waals surface area contributed by atoms with Gasteiger partial charge in [0.1, 0.15) is 29.5 Å². The largest absolute Gasteiger partial charge is 0.494 e. The number of hydrogen-bond donors (Lipinski definition) is 1. The molecule has 0 radical (unpaired) electrons. The summed E-state index contributed by atoms with van der Waals surface area (Å²) < 4.78 is 19.7. The molecule has 3 aromatic rings. The first-order valence-electron chi connectivity index (χ1n) is 11.9. The van der Waals surface area contributed by atoms with E-state index in [1.807, 2.05) is 62.6 Å². The fraction of sp³-hybridized carbons (Fsp3) is 0.444. The summed E-state index contributed by atoms with van der Waals surface area (Å²) in [6.45, 7) is 8.55. The molecule has 0 unspecified atom stereocenters. The summed E-state index contributed by atoms with van der Waals surface area (Å²) in [6.07, 6.45) is 4.73. The van der Waals surface area contributed by atoms with E-state index in [9.17, 15) is 5.11 Å². The van der Waals surface area contributed by atoms with Gasteiger partial charge in [0.25, 0.3) is 0 Å². The average Bonchev–Trinajstić information content (AvgIpc) is 3.14. The number of aliphatic hydroxyl groups is 1. The van der Waals surface area contributed by atoms with E-state index >= 15 is 0 Å². The highest BCUT2D eigenvalue weighted by Gasteiger charge is 2.33. The molecule has 0 amide bonds. The molecule has 0 spiro atoms. The van der Waals surface area contributed by atoms with Gasteiger partial charge >= 0.3 is 0 Å². The van der Waals surface area contributed by atoms with Crippen LogP contribution in [0.15, 0.2) is 60.9 Å². The van der Waals surface area contributed by atoms with Gasteiger partial charge in [-0.1, -0.05) is 29.8 Å². The highest BCUT2D eigenvalue weighted by atomic mass is 16.5. The second-order valence-corrected chi connectivity index (χ2v) is 9.11. The SMILES string of the molecule is Cc1ccc(OC[C@]2(O)COCCN(Cc3cccc(OCCCn4ccnc4C)c3)C2)cc1. The molecule has 182 valence electrons. The molecule has 0 saturated carbocycles. The number of imidazole rings is 1. The van der Waals surface area contributed by atoms with Gasteiger partial charge in [0.05, 0.1) is 19.8 Å². The Labute approximate surface area is 201 Å². The fourth-order valence-corrected chi connectivity index (χ4v) is 4.13. The molecule has 1 aliphatic heterocycles. The first-order valence-corrected chi connectivity index (χ1v) is 11.9. The van der Waals surface area contributed by atoms with Gasteiger partial charge in [-0.3, -0.25) is 4.90 Å². The molecule has 4 rings (SSSR count). The molecular formula is C27H35N3O4. The minimum atomic E-state index is -1.07. The molecule has 1 atom stereocenters. The van der Waals surface area contributed by atoms with Crippen LogP contribution in [0.25, 0.3) is 0 Å². The molecule has 34 heavy (non-hydrogen) atoms. The maximum atomic E-state index is 11.2. The Bertz CT molecular complexity index is 1040. The number of hydrogen-bond acceptors (Lipinski definition) is 6. The van der Waals surface area contributed by atoms with Gasteiger partial charge in [-0.2, -0.15) is 0 Å². The third-order valence-corrected chi connectivity index (χ3v) is 6.01. The fourth-order valence-electron chi connectivity index (χ4n) is 4.13. The second-order valence-electron chi connectivity index (χ2n) is 9.11. The van der Waals surface area contributed by atoms with Crippen molar-refractivity contribution in [2.24, 2.45) is 0 Å². The van der Waals surface area contributed by atoms with E-state index in [-0.39, 0.29) is 13.2 Å². The topological polar surface area (TPSA) is 69.0 Å². The summed E-state index contributed by atoms with van der Waals surface area (Å²) in [5, 5.41) is 11.2. The van der Waals surface area contributed by atoms with Crippen molar-refractivity contribution in [3.63, 3.8) is 0 Å². The molecule has 1 aromatic heterocycles. The first kappa shape index (κ1) is 24.3. The van der Waals surface area contributed by atoms with Crippen LogP contribution >= 0.6 is 0 Å². The summed E-state index contributed by atoms with van der Waals surface area (Å²) in [6, 6.07) is 16.0. The highest BCUT2D eigenvalue weighted by Crippen LogP contribution is 2.20. The van der Waals surface area contributed by atoms with Crippen molar-refractivity contribution in [3.05, 3.63) is 77.9 Å². The molecule has 7 nitrogen and oxygen atoms in total. The Morgan fingerprint density at radius 1 is 1.09 bits per heavy atom. The third-order valence-electron chi connectivity index (χ3n) is 6.01. The van der Waals surface area contributed by atoms with E-state index in [0.29, 0.717) is 26.3 Å². The summed E-state index contributed by atoms with van der Waals surface area (Å²) >= 11 is 0. The number of aryl methyl sites for hydroxylation is 3. The van der Waals surface area contributed by atoms with Gasteiger partial charge in [0.15, 0.2) is 0 Å². The lowest BCUT2D eigenvalue weighted by Crippen LogP contribution is -2.48. The molecule has 1 N–H and O–H groups in total. The lowest BCUT2D eigenvalue weighted by Gasteiger charge is -2.30. The van der Waals surface area contributed by atoms with E-state index in [1.54, 1.807) is 0 Å². The van der Waals surface area contributed by atoms with Gasteiger partial charge in [-0.15, -0.1) is 0 Å². The Balaban J connectivity index is 1.28. The maximum Gasteiger partial charge on any atom is 0.134 e. The van der Waals surface area contributed by atoms with Gasteiger partial charge in [-0.05, 0) is 50.1 Å². The average molecular weight is 466 g/mol. The Hall–Kier alpha value is -2.87. The molecule has 0 bridgehead atoms. The van der Waals surface area contributed by atoms with Crippen LogP contribution < -0.4 is 9.47 Å². The van der Waals surface area contributed by atoms with Crippen molar-refractivity contribution in [2.75, 3.05) is 39.5 Å². The predicted molar refractivity (Wildman–Crippen MR) is 131 cm³/mol. The summed E-state index contributed by atoms with van der Waals surface area (Å²) in [5.41, 5.74) is 1.25. The number of ether oxygens (including phenoxy) is 3. The van der Waals surface area contributed by atoms with Crippen LogP contribution in [0, 0.1) is 13.8 Å². The van der Waals surface area contributed by atoms with E-state index in [4.69, 9.17) is 14.2 Å². The number of β-amino-alcohol motifs (C(OH)–C–C–N with tert-alkyl or cyclic N) is 1. The van der Waals surface area contributed by atoms with Crippen molar-refractivity contribution in [1.29, 1.82) is 0 Å². The van der Waals surface area contributed by atoms with E-state index < -0.39 is 5.60 Å². The third kappa shape index (κ3) is 7.06. The van der Waals surface area contributed by atoms with Gasteiger partial charge in [-0.25, -0.2) is 4.98 Å².